The highest BCUT2D eigenvalue weighted by Gasteiger charge is 2.24. The summed E-state index contributed by atoms with van der Waals surface area (Å²) in [5.74, 6) is -0.172. The number of halogens is 1. The number of piperazine rings is 1. The quantitative estimate of drug-likeness (QED) is 0.903. The number of aromatic nitrogens is 1. The molecular weight excluding hydrogens is 321 g/mol. The summed E-state index contributed by atoms with van der Waals surface area (Å²) in [6, 6.07) is 8.43. The number of benzene rings is 1. The molecule has 1 aromatic heterocycles. The van der Waals surface area contributed by atoms with Crippen LogP contribution in [0.2, 0.25) is 0 Å². The Labute approximate surface area is 146 Å². The summed E-state index contributed by atoms with van der Waals surface area (Å²) < 4.78 is 13.6. The molecule has 0 bridgehead atoms. The third-order valence-corrected chi connectivity index (χ3v) is 4.57. The topological polar surface area (TPSA) is 56.4 Å². The second-order valence-electron chi connectivity index (χ2n) is 6.25. The second kappa shape index (κ2) is 7.96. The molecule has 1 saturated heterocycles. The van der Waals surface area contributed by atoms with Crippen molar-refractivity contribution in [2.24, 2.45) is 0 Å². The van der Waals surface area contributed by atoms with Gasteiger partial charge in [-0.3, -0.25) is 9.59 Å². The van der Waals surface area contributed by atoms with Crippen LogP contribution in [0, 0.1) is 5.82 Å². The summed E-state index contributed by atoms with van der Waals surface area (Å²) in [5.41, 5.74) is 1.53. The van der Waals surface area contributed by atoms with Crippen LogP contribution in [0.3, 0.4) is 0 Å². The lowest BCUT2D eigenvalue weighted by molar-refractivity contribution is -0.139. The van der Waals surface area contributed by atoms with Crippen LogP contribution in [-0.2, 0) is 22.4 Å². The lowest BCUT2D eigenvalue weighted by Gasteiger charge is -2.35. The maximum absolute atomic E-state index is 13.6. The van der Waals surface area contributed by atoms with Gasteiger partial charge in [0.2, 0.25) is 11.8 Å². The minimum Gasteiger partial charge on any atom is -0.367 e. The first kappa shape index (κ1) is 17.2. The Kier molecular flexibility index (Phi) is 5.48. The van der Waals surface area contributed by atoms with Crippen molar-refractivity contribution in [2.45, 2.75) is 19.3 Å². The summed E-state index contributed by atoms with van der Waals surface area (Å²) in [6.07, 6.45) is 4.69. The largest absolute Gasteiger partial charge is 0.367 e. The van der Waals surface area contributed by atoms with E-state index in [-0.39, 0.29) is 24.1 Å². The molecule has 1 aromatic carbocycles. The first-order valence-electron chi connectivity index (χ1n) is 8.54. The minimum absolute atomic E-state index is 0.0148. The van der Waals surface area contributed by atoms with Crippen molar-refractivity contribution in [2.75, 3.05) is 26.2 Å². The standard InChI is InChI=1S/C19H22FN3O2/c20-17-4-2-1-3-16(17)5-6-18(24)22-9-11-23(12-10-22)19(25)13-15-7-8-21-14-15/h1-4,7-8,14,21H,5-6,9-13H2. The van der Waals surface area contributed by atoms with Gasteiger partial charge in [0, 0.05) is 45.0 Å². The zero-order valence-corrected chi connectivity index (χ0v) is 14.1. The number of carbonyl (C=O) groups is 2. The maximum Gasteiger partial charge on any atom is 0.227 e. The number of hydrogen-bond acceptors (Lipinski definition) is 2. The molecule has 1 aliphatic rings. The van der Waals surface area contributed by atoms with Crippen LogP contribution in [0.15, 0.2) is 42.7 Å². The van der Waals surface area contributed by atoms with Gasteiger partial charge in [0.05, 0.1) is 6.42 Å². The van der Waals surface area contributed by atoms with E-state index in [0.29, 0.717) is 44.6 Å². The highest BCUT2D eigenvalue weighted by molar-refractivity contribution is 5.80. The Hall–Kier alpha value is -2.63. The zero-order valence-electron chi connectivity index (χ0n) is 14.1. The van der Waals surface area contributed by atoms with Crippen molar-refractivity contribution >= 4 is 11.8 Å². The van der Waals surface area contributed by atoms with Crippen LogP contribution in [0.5, 0.6) is 0 Å². The number of hydrogen-bond donors (Lipinski definition) is 1. The lowest BCUT2D eigenvalue weighted by Crippen LogP contribution is -2.51. The normalized spacial score (nSPS) is 14.6. The summed E-state index contributed by atoms with van der Waals surface area (Å²) in [5, 5.41) is 0. The predicted octanol–water partition coefficient (Wildman–Crippen LogP) is 2.00. The number of rotatable bonds is 5. The van der Waals surface area contributed by atoms with Gasteiger partial charge in [-0.25, -0.2) is 4.39 Å². The lowest BCUT2D eigenvalue weighted by atomic mass is 10.1. The van der Waals surface area contributed by atoms with Crippen LogP contribution in [0.1, 0.15) is 17.5 Å². The first-order chi connectivity index (χ1) is 12.1. The average molecular weight is 343 g/mol. The molecule has 2 heterocycles. The SMILES string of the molecule is O=C(CCc1ccccc1F)N1CCN(C(=O)Cc2cc[nH]c2)CC1. The Morgan fingerprint density at radius 3 is 2.32 bits per heavy atom. The predicted molar refractivity (Wildman–Crippen MR) is 92.4 cm³/mol. The molecule has 25 heavy (non-hydrogen) atoms. The van der Waals surface area contributed by atoms with Gasteiger partial charge in [-0.15, -0.1) is 0 Å². The fourth-order valence-electron chi connectivity index (χ4n) is 3.06. The molecular formula is C19H22FN3O2. The van der Waals surface area contributed by atoms with Crippen molar-refractivity contribution in [3.63, 3.8) is 0 Å². The van der Waals surface area contributed by atoms with Gasteiger partial charge in [0.1, 0.15) is 5.82 Å². The fourth-order valence-corrected chi connectivity index (χ4v) is 3.06. The summed E-state index contributed by atoms with van der Waals surface area (Å²) in [6.45, 7) is 2.17. The van der Waals surface area contributed by atoms with Gasteiger partial charge in [-0.1, -0.05) is 18.2 Å². The van der Waals surface area contributed by atoms with Gasteiger partial charge >= 0.3 is 0 Å². The summed E-state index contributed by atoms with van der Waals surface area (Å²) in [4.78, 5) is 31.1. The van der Waals surface area contributed by atoms with Crippen LogP contribution in [-0.4, -0.2) is 52.8 Å². The molecule has 0 atom stereocenters. The van der Waals surface area contributed by atoms with Gasteiger partial charge in [0.15, 0.2) is 0 Å². The van der Waals surface area contributed by atoms with E-state index >= 15 is 0 Å². The maximum atomic E-state index is 13.6. The third kappa shape index (κ3) is 4.47. The summed E-state index contributed by atoms with van der Waals surface area (Å²) >= 11 is 0. The Balaban J connectivity index is 1.44. The molecule has 0 saturated carbocycles. The van der Waals surface area contributed by atoms with Crippen LogP contribution in [0.4, 0.5) is 4.39 Å². The Morgan fingerprint density at radius 2 is 1.68 bits per heavy atom. The molecule has 1 N–H and O–H groups in total. The molecule has 5 nitrogen and oxygen atoms in total. The molecule has 2 aromatic rings. The molecule has 132 valence electrons. The molecule has 2 amide bonds. The van der Waals surface area contributed by atoms with E-state index in [9.17, 15) is 14.0 Å². The number of amides is 2. The number of nitrogens with one attached hydrogen (secondary N) is 1. The molecule has 1 fully saturated rings. The number of carbonyl (C=O) groups excluding carboxylic acids is 2. The fraction of sp³-hybridized carbons (Fsp3) is 0.368. The first-order valence-corrected chi connectivity index (χ1v) is 8.54. The third-order valence-electron chi connectivity index (χ3n) is 4.57. The average Bonchev–Trinajstić information content (AvgIpc) is 3.14. The van der Waals surface area contributed by atoms with Gasteiger partial charge in [-0.2, -0.15) is 0 Å². The molecule has 0 spiro atoms. The number of aryl methyl sites for hydroxylation is 1. The monoisotopic (exact) mass is 343 g/mol. The van der Waals surface area contributed by atoms with Crippen molar-refractivity contribution < 1.29 is 14.0 Å². The summed E-state index contributed by atoms with van der Waals surface area (Å²) in [7, 11) is 0. The van der Waals surface area contributed by atoms with Crippen LogP contribution >= 0.6 is 0 Å². The molecule has 3 rings (SSSR count). The minimum atomic E-state index is -0.268. The van der Waals surface area contributed by atoms with E-state index in [1.54, 1.807) is 34.2 Å². The second-order valence-corrected chi connectivity index (χ2v) is 6.25. The van der Waals surface area contributed by atoms with E-state index < -0.39 is 0 Å². The Morgan fingerprint density at radius 1 is 1.00 bits per heavy atom. The number of H-pyrrole nitrogens is 1. The molecule has 0 aliphatic carbocycles. The molecule has 0 radical (unpaired) electrons. The van der Waals surface area contributed by atoms with Crippen molar-refractivity contribution in [1.29, 1.82) is 0 Å². The highest BCUT2D eigenvalue weighted by atomic mass is 19.1. The molecule has 0 unspecified atom stereocenters. The Bertz CT molecular complexity index is 722. The van der Waals surface area contributed by atoms with Gasteiger partial charge in [0.25, 0.3) is 0 Å². The van der Waals surface area contributed by atoms with E-state index in [2.05, 4.69) is 4.98 Å². The van der Waals surface area contributed by atoms with Crippen LogP contribution in [0.25, 0.3) is 0 Å². The van der Waals surface area contributed by atoms with E-state index in [1.165, 1.54) is 6.07 Å². The number of nitrogens with zero attached hydrogens (tertiary/aromatic N) is 2. The van der Waals surface area contributed by atoms with E-state index in [0.717, 1.165) is 5.56 Å². The van der Waals surface area contributed by atoms with Crippen molar-refractivity contribution in [3.8, 4) is 0 Å². The smallest absolute Gasteiger partial charge is 0.227 e. The highest BCUT2D eigenvalue weighted by Crippen LogP contribution is 2.12. The van der Waals surface area contributed by atoms with Crippen molar-refractivity contribution in [1.82, 2.24) is 14.8 Å². The van der Waals surface area contributed by atoms with E-state index in [4.69, 9.17) is 0 Å². The van der Waals surface area contributed by atoms with Crippen molar-refractivity contribution in [3.05, 3.63) is 59.7 Å². The van der Waals surface area contributed by atoms with Crippen LogP contribution < -0.4 is 0 Å². The van der Waals surface area contributed by atoms with Gasteiger partial charge in [-0.05, 0) is 29.7 Å². The van der Waals surface area contributed by atoms with E-state index in [1.807, 2.05) is 12.3 Å². The van der Waals surface area contributed by atoms with Gasteiger partial charge < -0.3 is 14.8 Å². The molecule has 6 heteroatoms. The zero-order chi connectivity index (χ0) is 17.6. The number of aromatic amines is 1. The molecule has 1 aliphatic heterocycles.